The zero-order chi connectivity index (χ0) is 9.61. The number of alkyl halides is 1. The summed E-state index contributed by atoms with van der Waals surface area (Å²) in [6, 6.07) is 0. The second-order valence-electron chi connectivity index (χ2n) is 4.57. The van der Waals surface area contributed by atoms with Crippen molar-refractivity contribution in [1.82, 2.24) is 5.32 Å². The molecule has 0 aliphatic rings. The van der Waals surface area contributed by atoms with Crippen molar-refractivity contribution in [3.8, 4) is 0 Å². The number of nitrogens with one attached hydrogen (secondary N) is 1. The topological polar surface area (TPSA) is 12.0 Å². The van der Waals surface area contributed by atoms with Gasteiger partial charge in [-0.15, -0.1) is 11.6 Å². The van der Waals surface area contributed by atoms with Crippen LogP contribution in [0.5, 0.6) is 0 Å². The van der Waals surface area contributed by atoms with Crippen LogP contribution in [0.15, 0.2) is 0 Å². The van der Waals surface area contributed by atoms with Gasteiger partial charge in [-0.3, -0.25) is 0 Å². The largest absolute Gasteiger partial charge is 0.315 e. The molecule has 2 heteroatoms. The molecule has 0 aromatic rings. The molecule has 1 nitrogen and oxygen atoms in total. The highest BCUT2D eigenvalue weighted by Gasteiger charge is 2.15. The van der Waals surface area contributed by atoms with Gasteiger partial charge in [-0.25, -0.2) is 0 Å². The van der Waals surface area contributed by atoms with Gasteiger partial charge in [0.25, 0.3) is 0 Å². The summed E-state index contributed by atoms with van der Waals surface area (Å²) in [5.41, 5.74) is 0.348. The Hall–Kier alpha value is 0.250. The van der Waals surface area contributed by atoms with Crippen LogP contribution in [0.4, 0.5) is 0 Å². The van der Waals surface area contributed by atoms with Crippen LogP contribution in [-0.2, 0) is 0 Å². The van der Waals surface area contributed by atoms with Crippen molar-refractivity contribution in [3.05, 3.63) is 0 Å². The summed E-state index contributed by atoms with van der Waals surface area (Å²) >= 11 is 6.14. The fourth-order valence-electron chi connectivity index (χ4n) is 1.17. The van der Waals surface area contributed by atoms with E-state index in [1.165, 1.54) is 6.42 Å². The van der Waals surface area contributed by atoms with Crippen molar-refractivity contribution >= 4 is 11.6 Å². The van der Waals surface area contributed by atoms with E-state index in [1.807, 2.05) is 0 Å². The fraction of sp³-hybridized carbons (Fsp3) is 1.00. The third kappa shape index (κ3) is 8.35. The van der Waals surface area contributed by atoms with Crippen LogP contribution in [0.3, 0.4) is 0 Å². The van der Waals surface area contributed by atoms with E-state index < -0.39 is 0 Å². The third-order valence-electron chi connectivity index (χ3n) is 1.63. The van der Waals surface area contributed by atoms with Crippen molar-refractivity contribution in [2.24, 2.45) is 5.41 Å². The molecule has 0 fully saturated rings. The van der Waals surface area contributed by atoms with Gasteiger partial charge in [0.15, 0.2) is 0 Å². The van der Waals surface area contributed by atoms with E-state index >= 15 is 0 Å². The smallest absolute Gasteiger partial charge is 0.0465 e. The lowest BCUT2D eigenvalue weighted by Crippen LogP contribution is -2.27. The molecule has 0 bridgehead atoms. The number of hydrogen-bond acceptors (Lipinski definition) is 1. The van der Waals surface area contributed by atoms with E-state index in [9.17, 15) is 0 Å². The molecule has 0 radical (unpaired) electrons. The first kappa shape index (κ1) is 12.2. The molecule has 0 aromatic carbocycles. The lowest BCUT2D eigenvalue weighted by molar-refractivity contribution is 0.365. The zero-order valence-corrected chi connectivity index (χ0v) is 9.54. The van der Waals surface area contributed by atoms with Gasteiger partial charge in [-0.1, -0.05) is 27.7 Å². The molecule has 0 rings (SSSR count). The van der Waals surface area contributed by atoms with Crippen molar-refractivity contribution in [3.63, 3.8) is 0 Å². The van der Waals surface area contributed by atoms with E-state index in [2.05, 4.69) is 33.0 Å². The normalized spacial score (nSPS) is 14.8. The summed E-state index contributed by atoms with van der Waals surface area (Å²) in [4.78, 5) is 0. The Bertz CT molecular complexity index is 107. The molecule has 0 spiro atoms. The highest BCUT2D eigenvalue weighted by Crippen LogP contribution is 2.22. The van der Waals surface area contributed by atoms with E-state index in [-0.39, 0.29) is 5.38 Å². The van der Waals surface area contributed by atoms with Crippen LogP contribution in [-0.4, -0.2) is 18.5 Å². The molecule has 12 heavy (non-hydrogen) atoms. The molecule has 0 aliphatic heterocycles. The molecule has 0 saturated heterocycles. The zero-order valence-electron chi connectivity index (χ0n) is 8.78. The van der Waals surface area contributed by atoms with Gasteiger partial charge in [0.2, 0.25) is 0 Å². The second kappa shape index (κ2) is 5.82. The summed E-state index contributed by atoms with van der Waals surface area (Å²) in [7, 11) is 0. The van der Waals surface area contributed by atoms with Gasteiger partial charge < -0.3 is 5.32 Å². The average Bonchev–Trinajstić information content (AvgIpc) is 1.84. The molecular weight excluding hydrogens is 170 g/mol. The maximum absolute atomic E-state index is 6.14. The summed E-state index contributed by atoms with van der Waals surface area (Å²) in [5, 5.41) is 3.60. The summed E-state index contributed by atoms with van der Waals surface area (Å²) in [6.07, 6.45) is 2.25. The molecule has 1 atom stereocenters. The monoisotopic (exact) mass is 191 g/mol. The Labute approximate surface area is 81.9 Å². The van der Waals surface area contributed by atoms with Gasteiger partial charge in [-0.05, 0) is 24.8 Å². The van der Waals surface area contributed by atoms with Gasteiger partial charge in [0, 0.05) is 11.9 Å². The lowest BCUT2D eigenvalue weighted by Gasteiger charge is -2.21. The standard InChI is InChI=1S/C10H22ClN/c1-5-6-12-8-9(11)7-10(2,3)4/h9,12H,5-8H2,1-4H3. The quantitative estimate of drug-likeness (QED) is 0.521. The minimum absolute atomic E-state index is 0.275. The maximum atomic E-state index is 6.14. The average molecular weight is 192 g/mol. The predicted octanol–water partition coefficient (Wildman–Crippen LogP) is 3.03. The van der Waals surface area contributed by atoms with Gasteiger partial charge in [0.1, 0.15) is 0 Å². The van der Waals surface area contributed by atoms with Crippen LogP contribution >= 0.6 is 11.6 Å². The Kier molecular flexibility index (Phi) is 5.94. The molecule has 1 N–H and O–H groups in total. The number of halogens is 1. The number of hydrogen-bond donors (Lipinski definition) is 1. The SMILES string of the molecule is CCCNCC(Cl)CC(C)(C)C. The number of rotatable bonds is 5. The van der Waals surface area contributed by atoms with Gasteiger partial charge in [0.05, 0.1) is 0 Å². The van der Waals surface area contributed by atoms with E-state index in [1.54, 1.807) is 0 Å². The highest BCUT2D eigenvalue weighted by atomic mass is 35.5. The minimum Gasteiger partial charge on any atom is -0.315 e. The molecule has 0 amide bonds. The molecule has 0 aliphatic carbocycles. The summed E-state index contributed by atoms with van der Waals surface area (Å²) in [6.45, 7) is 10.9. The molecule has 0 saturated carbocycles. The Morgan fingerprint density at radius 3 is 2.33 bits per heavy atom. The maximum Gasteiger partial charge on any atom is 0.0465 e. The van der Waals surface area contributed by atoms with Crippen LogP contribution in [0, 0.1) is 5.41 Å². The van der Waals surface area contributed by atoms with Crippen molar-refractivity contribution < 1.29 is 0 Å². The molecule has 1 unspecified atom stereocenters. The third-order valence-corrected chi connectivity index (χ3v) is 1.94. The van der Waals surface area contributed by atoms with Crippen LogP contribution in [0.25, 0.3) is 0 Å². The first-order chi connectivity index (χ1) is 5.45. The van der Waals surface area contributed by atoms with Crippen molar-refractivity contribution in [2.45, 2.75) is 45.9 Å². The second-order valence-corrected chi connectivity index (χ2v) is 5.18. The lowest BCUT2D eigenvalue weighted by atomic mass is 9.90. The summed E-state index contributed by atoms with van der Waals surface area (Å²) in [5.74, 6) is 0. The Morgan fingerprint density at radius 1 is 1.33 bits per heavy atom. The highest BCUT2D eigenvalue weighted by molar-refractivity contribution is 6.20. The molecule has 0 heterocycles. The van der Waals surface area contributed by atoms with E-state index in [0.717, 1.165) is 19.5 Å². The van der Waals surface area contributed by atoms with Crippen molar-refractivity contribution in [2.75, 3.05) is 13.1 Å². The van der Waals surface area contributed by atoms with Gasteiger partial charge in [-0.2, -0.15) is 0 Å². The van der Waals surface area contributed by atoms with Gasteiger partial charge >= 0.3 is 0 Å². The minimum atomic E-state index is 0.275. The van der Waals surface area contributed by atoms with E-state index in [0.29, 0.717) is 5.41 Å². The summed E-state index contributed by atoms with van der Waals surface area (Å²) < 4.78 is 0. The Morgan fingerprint density at radius 2 is 1.92 bits per heavy atom. The first-order valence-electron chi connectivity index (χ1n) is 4.80. The molecule has 74 valence electrons. The van der Waals surface area contributed by atoms with Crippen LogP contribution in [0.2, 0.25) is 0 Å². The van der Waals surface area contributed by atoms with Crippen molar-refractivity contribution in [1.29, 1.82) is 0 Å². The van der Waals surface area contributed by atoms with E-state index in [4.69, 9.17) is 11.6 Å². The molecule has 0 aromatic heterocycles. The molecular formula is C10H22ClN. The Balaban J connectivity index is 3.40. The fourth-order valence-corrected chi connectivity index (χ4v) is 1.74. The first-order valence-corrected chi connectivity index (χ1v) is 5.24. The van der Waals surface area contributed by atoms with Crippen LogP contribution < -0.4 is 5.32 Å². The van der Waals surface area contributed by atoms with Crippen LogP contribution in [0.1, 0.15) is 40.5 Å². The predicted molar refractivity (Wildman–Crippen MR) is 56.9 cm³/mol.